The number of nitrogens with zero attached hydrogens (tertiary/aromatic N) is 5. The van der Waals surface area contributed by atoms with Crippen molar-refractivity contribution in [2.75, 3.05) is 0 Å². The first-order valence-electron chi connectivity index (χ1n) is 21.6. The van der Waals surface area contributed by atoms with E-state index in [0.29, 0.717) is 83.5 Å². The summed E-state index contributed by atoms with van der Waals surface area (Å²) in [4.78, 5) is 14.9. The number of para-hydroxylation sites is 4. The molecule has 0 unspecified atom stereocenters. The van der Waals surface area contributed by atoms with Crippen LogP contribution in [0.3, 0.4) is 0 Å². The van der Waals surface area contributed by atoms with E-state index in [4.69, 9.17) is 23.5 Å². The van der Waals surface area contributed by atoms with E-state index in [1.54, 1.807) is 12.1 Å². The average molecular weight is 736 g/mol. The van der Waals surface area contributed by atoms with Gasteiger partial charge < -0.3 is 13.6 Å². The maximum atomic E-state index is 9.55. The second-order valence-corrected chi connectivity index (χ2v) is 13.9. The summed E-state index contributed by atoms with van der Waals surface area (Å²) in [5.74, 6) is 1.52. The minimum atomic E-state index is -0.0724. The van der Waals surface area contributed by atoms with Gasteiger partial charge in [-0.25, -0.2) is 15.0 Å². The van der Waals surface area contributed by atoms with Crippen molar-refractivity contribution < 1.29 is 12.6 Å². The van der Waals surface area contributed by atoms with Crippen LogP contribution in [0, 0.1) is 0 Å². The predicted molar refractivity (Wildman–Crippen MR) is 232 cm³/mol. The fraction of sp³-hybridized carbons (Fsp3) is 0. The summed E-state index contributed by atoms with van der Waals surface area (Å²) < 4.78 is 65.5. The lowest BCUT2D eigenvalue weighted by atomic mass is 10.1. The molecule has 0 aliphatic carbocycles. The number of hydrogen-bond donors (Lipinski definition) is 0. The molecule has 0 spiro atoms. The molecule has 0 radical (unpaired) electrons. The van der Waals surface area contributed by atoms with Crippen molar-refractivity contribution in [1.82, 2.24) is 24.1 Å². The Morgan fingerprint density at radius 3 is 1.60 bits per heavy atom. The second-order valence-electron chi connectivity index (χ2n) is 13.9. The number of benzene rings is 8. The van der Waals surface area contributed by atoms with Gasteiger partial charge in [0, 0.05) is 55.2 Å². The third-order valence-electron chi connectivity index (χ3n) is 10.7. The Labute approximate surface area is 335 Å². The van der Waals surface area contributed by atoms with Crippen molar-refractivity contribution in [3.05, 3.63) is 188 Å². The van der Waals surface area contributed by atoms with Gasteiger partial charge in [-0.05, 0) is 42.4 Å². The van der Waals surface area contributed by atoms with Crippen LogP contribution in [0.4, 0.5) is 0 Å². The van der Waals surface area contributed by atoms with Gasteiger partial charge in [0.25, 0.3) is 0 Å². The fourth-order valence-electron chi connectivity index (χ4n) is 8.17. The van der Waals surface area contributed by atoms with Crippen LogP contribution in [0.2, 0.25) is 0 Å². The lowest BCUT2D eigenvalue weighted by Crippen LogP contribution is -2.00. The summed E-state index contributed by atoms with van der Waals surface area (Å²) in [5, 5.41) is 3.54. The molecular formula is C51H31N5O. The van der Waals surface area contributed by atoms with Crippen molar-refractivity contribution in [2.24, 2.45) is 0 Å². The topological polar surface area (TPSA) is 61.7 Å². The largest absolute Gasteiger partial charge is 0.455 e. The minimum absolute atomic E-state index is 0.0624. The zero-order chi connectivity index (χ0) is 42.7. The summed E-state index contributed by atoms with van der Waals surface area (Å²) >= 11 is 0. The third-order valence-corrected chi connectivity index (χ3v) is 10.7. The van der Waals surface area contributed by atoms with Gasteiger partial charge in [-0.1, -0.05) is 139 Å². The summed E-state index contributed by atoms with van der Waals surface area (Å²) in [7, 11) is 0. The monoisotopic (exact) mass is 735 g/mol. The quantitative estimate of drug-likeness (QED) is 0.177. The van der Waals surface area contributed by atoms with E-state index in [-0.39, 0.29) is 36.3 Å². The molecule has 0 fully saturated rings. The molecule has 4 heterocycles. The summed E-state index contributed by atoms with van der Waals surface area (Å²) in [5.41, 5.74) is 6.95. The molecule has 6 heteroatoms. The van der Waals surface area contributed by atoms with Gasteiger partial charge in [0.05, 0.1) is 41.5 Å². The summed E-state index contributed by atoms with van der Waals surface area (Å²) in [6.45, 7) is 0. The average Bonchev–Trinajstić information content (AvgIpc) is 3.97. The summed E-state index contributed by atoms with van der Waals surface area (Å²) in [6.07, 6.45) is 0. The normalized spacial score (nSPS) is 13.3. The van der Waals surface area contributed by atoms with E-state index in [0.717, 1.165) is 27.6 Å². The summed E-state index contributed by atoms with van der Waals surface area (Å²) in [6, 6.07) is 47.5. The molecule has 12 rings (SSSR count). The highest BCUT2D eigenvalue weighted by atomic mass is 16.3. The smallest absolute Gasteiger partial charge is 0.167 e. The molecular weight excluding hydrogens is 699 g/mol. The van der Waals surface area contributed by atoms with E-state index in [2.05, 4.69) is 0 Å². The lowest BCUT2D eigenvalue weighted by molar-refractivity contribution is 0.669. The molecule has 0 atom stereocenters. The first kappa shape index (κ1) is 26.1. The van der Waals surface area contributed by atoms with Crippen molar-refractivity contribution in [1.29, 1.82) is 0 Å². The highest BCUT2D eigenvalue weighted by Crippen LogP contribution is 2.43. The first-order valence-corrected chi connectivity index (χ1v) is 18.6. The molecule has 266 valence electrons. The zero-order valence-electron chi connectivity index (χ0n) is 36.1. The number of aromatic nitrogens is 5. The number of rotatable bonds is 5. The molecule has 6 nitrogen and oxygen atoms in total. The molecule has 0 amide bonds. The highest BCUT2D eigenvalue weighted by Gasteiger charge is 2.23. The fourth-order valence-corrected chi connectivity index (χ4v) is 8.17. The molecule has 4 aromatic heterocycles. The standard InChI is InChI=1S/C51H31N5O/c1-4-15-32(16-5-1)49-52-50(33-17-6-2-7-18-33)54-51(53-49)42-24-14-23-41-38-28-27-35(31-45(38)57-48(41)42)56-44-26-13-11-22-37(44)40-30-29-39-36-21-10-12-25-43(36)55(46(39)47(40)56)34-19-8-3-9-20-34/h1-31H/i10D,11D,25D,26D,29D,30D. The van der Waals surface area contributed by atoms with Crippen LogP contribution in [0.1, 0.15) is 8.22 Å². The van der Waals surface area contributed by atoms with Gasteiger partial charge in [0.1, 0.15) is 11.2 Å². The van der Waals surface area contributed by atoms with Crippen molar-refractivity contribution in [3.8, 4) is 45.5 Å². The van der Waals surface area contributed by atoms with Crippen molar-refractivity contribution in [2.45, 2.75) is 0 Å². The Hall–Kier alpha value is -7.83. The van der Waals surface area contributed by atoms with E-state index in [1.807, 2.05) is 137 Å². The molecule has 0 saturated carbocycles. The van der Waals surface area contributed by atoms with E-state index in [1.165, 1.54) is 12.1 Å². The zero-order valence-corrected chi connectivity index (χ0v) is 30.1. The van der Waals surface area contributed by atoms with Gasteiger partial charge in [0.15, 0.2) is 17.5 Å². The van der Waals surface area contributed by atoms with E-state index in [9.17, 15) is 4.11 Å². The number of fused-ring (bicyclic) bond motifs is 10. The molecule has 12 aromatic rings. The van der Waals surface area contributed by atoms with Gasteiger partial charge in [0.2, 0.25) is 0 Å². The van der Waals surface area contributed by atoms with Crippen LogP contribution >= 0.6 is 0 Å². The first-order chi connectivity index (χ1) is 30.7. The van der Waals surface area contributed by atoms with Crippen LogP contribution in [-0.4, -0.2) is 24.1 Å². The molecule has 0 saturated heterocycles. The predicted octanol–water partition coefficient (Wildman–Crippen LogP) is 13.0. The molecule has 0 N–H and O–H groups in total. The van der Waals surface area contributed by atoms with Crippen molar-refractivity contribution in [3.63, 3.8) is 0 Å². The number of furan rings is 1. The maximum absolute atomic E-state index is 9.55. The van der Waals surface area contributed by atoms with Crippen molar-refractivity contribution >= 4 is 65.6 Å². The van der Waals surface area contributed by atoms with Crippen LogP contribution < -0.4 is 0 Å². The SMILES string of the molecule is [2H]c1cc([2H])c2c(c1)c1c([2H])c([2H])c3c4cc([2H])cc([2H])c4n(-c4ccc5c(c4)oc4c(-c6nc(-c7ccccc7)nc(-c7ccccc7)n6)cccc45)c3c1n2-c1ccccc1. The highest BCUT2D eigenvalue weighted by molar-refractivity contribution is 6.24. The molecule has 8 aromatic carbocycles. The van der Waals surface area contributed by atoms with Crippen LogP contribution in [-0.2, 0) is 0 Å². The van der Waals surface area contributed by atoms with Crippen LogP contribution in [0.15, 0.2) is 192 Å². The number of hydrogen-bond acceptors (Lipinski definition) is 4. The van der Waals surface area contributed by atoms with E-state index < -0.39 is 0 Å². The van der Waals surface area contributed by atoms with Gasteiger partial charge >= 0.3 is 0 Å². The Morgan fingerprint density at radius 2 is 0.982 bits per heavy atom. The van der Waals surface area contributed by atoms with Crippen LogP contribution in [0.5, 0.6) is 0 Å². The Morgan fingerprint density at radius 1 is 0.421 bits per heavy atom. The third kappa shape index (κ3) is 4.81. The minimum Gasteiger partial charge on any atom is -0.455 e. The molecule has 0 aliphatic rings. The Balaban J connectivity index is 1.16. The van der Waals surface area contributed by atoms with Gasteiger partial charge in [-0.2, -0.15) is 0 Å². The molecule has 57 heavy (non-hydrogen) atoms. The van der Waals surface area contributed by atoms with Crippen LogP contribution in [0.25, 0.3) is 111 Å². The molecule has 0 aliphatic heterocycles. The maximum Gasteiger partial charge on any atom is 0.167 e. The second kappa shape index (κ2) is 12.3. The molecule has 0 bridgehead atoms. The van der Waals surface area contributed by atoms with Gasteiger partial charge in [-0.15, -0.1) is 0 Å². The van der Waals surface area contributed by atoms with E-state index >= 15 is 0 Å². The van der Waals surface area contributed by atoms with Gasteiger partial charge in [-0.3, -0.25) is 0 Å². The Kier molecular flexibility index (Phi) is 5.64. The lowest BCUT2D eigenvalue weighted by Gasteiger charge is -2.12. The Bertz CT molecular complexity index is 3810.